The first-order valence-corrected chi connectivity index (χ1v) is 10.6. The fourth-order valence-corrected chi connectivity index (χ4v) is 5.40. The second-order valence-electron chi connectivity index (χ2n) is 9.37. The number of aliphatic carboxylic acids is 1. The minimum Gasteiger partial charge on any atom is -0.508 e. The summed E-state index contributed by atoms with van der Waals surface area (Å²) in [6.07, 6.45) is 6.25. The van der Waals surface area contributed by atoms with Crippen LogP contribution in [0.3, 0.4) is 0 Å². The number of phenols is 1. The molecule has 1 heterocycles. The van der Waals surface area contributed by atoms with Crippen LogP contribution in [-0.4, -0.2) is 33.5 Å². The van der Waals surface area contributed by atoms with Gasteiger partial charge >= 0.3 is 5.97 Å². The number of aliphatic hydroxyl groups excluding tert-OH is 1. The number of carboxylic acids is 1. The van der Waals surface area contributed by atoms with E-state index in [0.717, 1.165) is 49.0 Å². The van der Waals surface area contributed by atoms with E-state index in [1.807, 2.05) is 6.07 Å². The van der Waals surface area contributed by atoms with Crippen LogP contribution in [-0.2, 0) is 11.2 Å². The number of carboxylic acid groups (broad SMARTS) is 1. The summed E-state index contributed by atoms with van der Waals surface area (Å²) in [6.45, 7) is 6.19. The maximum Gasteiger partial charge on any atom is 0.303 e. The average molecular weight is 391 g/mol. The third-order valence-corrected chi connectivity index (χ3v) is 6.87. The van der Waals surface area contributed by atoms with Crippen LogP contribution < -0.4 is 4.74 Å². The number of benzene rings is 1. The Morgan fingerprint density at radius 2 is 2.04 bits per heavy atom. The third-order valence-electron chi connectivity index (χ3n) is 6.87. The first kappa shape index (κ1) is 21.0. The van der Waals surface area contributed by atoms with Gasteiger partial charge in [0.05, 0.1) is 6.42 Å². The zero-order valence-corrected chi connectivity index (χ0v) is 17.3. The van der Waals surface area contributed by atoms with Crippen molar-refractivity contribution in [2.75, 3.05) is 6.61 Å². The lowest BCUT2D eigenvalue weighted by atomic mass is 9.58. The van der Waals surface area contributed by atoms with Crippen LogP contribution in [0.5, 0.6) is 11.5 Å². The molecule has 156 valence electrons. The number of fused-ring (bicyclic) bond motifs is 3. The lowest BCUT2D eigenvalue weighted by molar-refractivity contribution is -0.142. The largest absolute Gasteiger partial charge is 0.508 e. The Labute approximate surface area is 167 Å². The number of unbranched alkanes of at least 4 members (excludes halogenated alkanes) is 2. The summed E-state index contributed by atoms with van der Waals surface area (Å²) in [4.78, 5) is 11.4. The predicted molar refractivity (Wildman–Crippen MR) is 108 cm³/mol. The Bertz CT molecular complexity index is 726. The molecule has 3 N–H and O–H groups in total. The summed E-state index contributed by atoms with van der Waals surface area (Å²) in [5.41, 5.74) is 0.848. The molecule has 0 aromatic heterocycles. The Morgan fingerprint density at radius 3 is 2.68 bits per heavy atom. The Balaban J connectivity index is 1.97. The van der Waals surface area contributed by atoms with Gasteiger partial charge in [-0.2, -0.15) is 0 Å². The van der Waals surface area contributed by atoms with Crippen LogP contribution in [0.2, 0.25) is 0 Å². The van der Waals surface area contributed by atoms with Crippen LogP contribution in [0.25, 0.3) is 0 Å². The lowest BCUT2D eigenvalue weighted by Crippen LogP contribution is -2.49. The summed E-state index contributed by atoms with van der Waals surface area (Å²) in [6, 6.07) is 3.90. The normalized spacial score (nSPS) is 28.1. The fraction of sp³-hybridized carbons (Fsp3) is 0.696. The average Bonchev–Trinajstić information content (AvgIpc) is 2.60. The maximum absolute atomic E-state index is 11.4. The van der Waals surface area contributed by atoms with Crippen molar-refractivity contribution in [1.29, 1.82) is 0 Å². The summed E-state index contributed by atoms with van der Waals surface area (Å²) in [5.74, 6) is 0.268. The quantitative estimate of drug-likeness (QED) is 0.591. The van der Waals surface area contributed by atoms with Crippen LogP contribution in [0.15, 0.2) is 12.1 Å². The standard InChI is InChI=1S/C23H34O5/c1-4-5-6-7-15-10-18(25)21-16-12-23(14-24,13-20(26)27)9-8-17(16)22(2,3)28-19(21)11-15/h10-11,16-17,24-25H,4-9,12-14H2,1-3H3,(H,26,27)/t16-,17-,23?/m1/s1. The van der Waals surface area contributed by atoms with Gasteiger partial charge in [0.1, 0.15) is 17.1 Å². The number of carbonyl (C=O) groups is 1. The highest BCUT2D eigenvalue weighted by atomic mass is 16.5. The van der Waals surface area contributed by atoms with Crippen molar-refractivity contribution >= 4 is 5.97 Å². The molecule has 0 bridgehead atoms. The van der Waals surface area contributed by atoms with E-state index in [1.165, 1.54) is 0 Å². The van der Waals surface area contributed by atoms with E-state index in [-0.39, 0.29) is 30.6 Å². The van der Waals surface area contributed by atoms with E-state index >= 15 is 0 Å². The molecular weight excluding hydrogens is 356 g/mol. The molecule has 1 fully saturated rings. The molecular formula is C23H34O5. The smallest absolute Gasteiger partial charge is 0.303 e. The zero-order valence-electron chi connectivity index (χ0n) is 17.3. The van der Waals surface area contributed by atoms with E-state index in [1.54, 1.807) is 0 Å². The van der Waals surface area contributed by atoms with Crippen molar-refractivity contribution in [2.45, 2.75) is 83.7 Å². The van der Waals surface area contributed by atoms with Crippen molar-refractivity contribution in [1.82, 2.24) is 0 Å². The summed E-state index contributed by atoms with van der Waals surface area (Å²) < 4.78 is 6.36. The summed E-state index contributed by atoms with van der Waals surface area (Å²) in [7, 11) is 0. The van der Waals surface area contributed by atoms with Gasteiger partial charge in [-0.05, 0) is 69.6 Å². The fourth-order valence-electron chi connectivity index (χ4n) is 5.40. The second kappa shape index (κ2) is 7.94. The molecule has 2 aliphatic rings. The second-order valence-corrected chi connectivity index (χ2v) is 9.37. The van der Waals surface area contributed by atoms with Crippen LogP contribution in [0, 0.1) is 11.3 Å². The Morgan fingerprint density at radius 1 is 1.29 bits per heavy atom. The van der Waals surface area contributed by atoms with Gasteiger partial charge in [0.25, 0.3) is 0 Å². The van der Waals surface area contributed by atoms with Gasteiger partial charge in [-0.3, -0.25) is 4.79 Å². The van der Waals surface area contributed by atoms with Crippen LogP contribution in [0.4, 0.5) is 0 Å². The first-order valence-electron chi connectivity index (χ1n) is 10.6. The zero-order chi connectivity index (χ0) is 20.5. The van der Waals surface area contributed by atoms with E-state index < -0.39 is 17.0 Å². The van der Waals surface area contributed by atoms with Crippen molar-refractivity contribution in [2.24, 2.45) is 11.3 Å². The molecule has 1 aromatic carbocycles. The Kier molecular flexibility index (Phi) is 5.95. The van der Waals surface area contributed by atoms with Gasteiger partial charge in [-0.15, -0.1) is 0 Å². The third kappa shape index (κ3) is 4.00. The summed E-state index contributed by atoms with van der Waals surface area (Å²) in [5, 5.41) is 30.3. The van der Waals surface area contributed by atoms with Gasteiger partial charge in [-0.1, -0.05) is 19.8 Å². The highest BCUT2D eigenvalue weighted by Crippen LogP contribution is 2.58. The summed E-state index contributed by atoms with van der Waals surface area (Å²) >= 11 is 0. The molecule has 0 radical (unpaired) electrons. The monoisotopic (exact) mass is 390 g/mol. The number of hydrogen-bond acceptors (Lipinski definition) is 4. The van der Waals surface area contributed by atoms with Gasteiger partial charge in [-0.25, -0.2) is 0 Å². The van der Waals surface area contributed by atoms with Crippen LogP contribution >= 0.6 is 0 Å². The van der Waals surface area contributed by atoms with Gasteiger partial charge in [0, 0.05) is 23.5 Å². The van der Waals surface area contributed by atoms with Crippen molar-refractivity contribution < 1.29 is 24.9 Å². The number of phenolic OH excluding ortho intramolecular Hbond substituents is 1. The number of hydrogen-bond donors (Lipinski definition) is 3. The lowest BCUT2D eigenvalue weighted by Gasteiger charge is -2.52. The van der Waals surface area contributed by atoms with Gasteiger partial charge in [0.2, 0.25) is 0 Å². The molecule has 5 nitrogen and oxygen atoms in total. The molecule has 0 spiro atoms. The minimum absolute atomic E-state index is 0.0105. The molecule has 5 heteroatoms. The van der Waals surface area contributed by atoms with Gasteiger partial charge in [0.15, 0.2) is 0 Å². The number of aromatic hydroxyl groups is 1. The van der Waals surface area contributed by atoms with E-state index in [0.29, 0.717) is 12.8 Å². The number of aliphatic hydroxyl groups is 1. The first-order chi connectivity index (χ1) is 13.2. The molecule has 1 aliphatic heterocycles. The molecule has 1 aromatic rings. The van der Waals surface area contributed by atoms with Crippen molar-refractivity contribution in [3.63, 3.8) is 0 Å². The van der Waals surface area contributed by atoms with Crippen molar-refractivity contribution in [3.8, 4) is 11.5 Å². The highest BCUT2D eigenvalue weighted by molar-refractivity contribution is 5.68. The van der Waals surface area contributed by atoms with E-state index in [2.05, 4.69) is 26.8 Å². The molecule has 1 saturated carbocycles. The SMILES string of the molecule is CCCCCc1cc(O)c2c(c1)OC(C)(C)[C@@H]1CCC(CO)(CC(=O)O)C[C@@H]21. The highest BCUT2D eigenvalue weighted by Gasteiger charge is 2.52. The molecule has 1 unspecified atom stereocenters. The van der Waals surface area contributed by atoms with Crippen molar-refractivity contribution in [3.05, 3.63) is 23.3 Å². The molecule has 28 heavy (non-hydrogen) atoms. The van der Waals surface area contributed by atoms with E-state index in [4.69, 9.17) is 4.74 Å². The maximum atomic E-state index is 11.4. The molecule has 3 rings (SSSR count). The minimum atomic E-state index is -0.880. The molecule has 0 saturated heterocycles. The number of rotatable bonds is 7. The molecule has 3 atom stereocenters. The van der Waals surface area contributed by atoms with E-state index in [9.17, 15) is 20.1 Å². The van der Waals surface area contributed by atoms with Gasteiger partial charge < -0.3 is 20.1 Å². The molecule has 1 aliphatic carbocycles. The number of ether oxygens (including phenoxy) is 1. The van der Waals surface area contributed by atoms with Crippen LogP contribution in [0.1, 0.15) is 82.8 Å². The topological polar surface area (TPSA) is 87.0 Å². The molecule has 0 amide bonds. The Hall–Kier alpha value is -1.75. The predicted octanol–water partition coefficient (Wildman–Crippen LogP) is 4.63. The number of aryl methyl sites for hydroxylation is 1.